The monoisotopic (exact) mass is 292 g/mol. The number of halogens is 1. The zero-order chi connectivity index (χ0) is 13.2. The van der Waals surface area contributed by atoms with Gasteiger partial charge in [-0.15, -0.1) is 11.3 Å². The molecule has 0 radical (unpaired) electrons. The number of pyridine rings is 1. The third kappa shape index (κ3) is 2.93. The van der Waals surface area contributed by atoms with Crippen LogP contribution in [-0.4, -0.2) is 4.98 Å². The minimum Gasteiger partial charge on any atom is -0.376 e. The van der Waals surface area contributed by atoms with Crippen molar-refractivity contribution in [2.45, 2.75) is 38.6 Å². The maximum absolute atomic E-state index is 5.80. The van der Waals surface area contributed by atoms with Gasteiger partial charge >= 0.3 is 0 Å². The summed E-state index contributed by atoms with van der Waals surface area (Å²) in [6.07, 6.45) is 6.98. The first-order chi connectivity index (χ1) is 9.22. The number of rotatable bonds is 3. The summed E-state index contributed by atoms with van der Waals surface area (Å²) >= 11 is 7.75. The average Bonchev–Trinajstić information content (AvgIpc) is 2.85. The number of fused-ring (bicyclic) bond motifs is 1. The number of nitrogens with zero attached hydrogens (tertiary/aromatic N) is 1. The molecule has 3 rings (SSSR count). The van der Waals surface area contributed by atoms with E-state index >= 15 is 0 Å². The summed E-state index contributed by atoms with van der Waals surface area (Å²) in [6.45, 7) is 2.20. The van der Waals surface area contributed by atoms with Crippen LogP contribution in [0.25, 0.3) is 0 Å². The summed E-state index contributed by atoms with van der Waals surface area (Å²) in [5.41, 5.74) is 2.58. The second-order valence-electron chi connectivity index (χ2n) is 5.04. The molecule has 0 saturated heterocycles. The number of aryl methyl sites for hydroxylation is 2. The van der Waals surface area contributed by atoms with Crippen molar-refractivity contribution >= 4 is 28.6 Å². The van der Waals surface area contributed by atoms with Gasteiger partial charge in [-0.05, 0) is 56.4 Å². The molecule has 2 aromatic heterocycles. The first-order valence-corrected chi connectivity index (χ1v) is 7.91. The Balaban J connectivity index is 1.74. The Morgan fingerprint density at radius 1 is 1.32 bits per heavy atom. The summed E-state index contributed by atoms with van der Waals surface area (Å²) in [6, 6.07) is 6.48. The smallest absolute Gasteiger partial charge is 0.129 e. The summed E-state index contributed by atoms with van der Waals surface area (Å²) in [5, 5.41) is 4.02. The third-order valence-corrected chi connectivity index (χ3v) is 5.20. The first-order valence-electron chi connectivity index (χ1n) is 6.72. The summed E-state index contributed by atoms with van der Waals surface area (Å²) < 4.78 is 0. The summed E-state index contributed by atoms with van der Waals surface area (Å²) in [4.78, 5) is 7.10. The quantitative estimate of drug-likeness (QED) is 0.818. The van der Waals surface area contributed by atoms with Crippen LogP contribution in [0.4, 0.5) is 5.69 Å². The Hall–Kier alpha value is -1.06. The number of anilines is 1. The SMILES string of the molecule is CC(Nc1ccc(Cl)nc1)c1cc2c(s1)CCCC2. The van der Waals surface area contributed by atoms with Gasteiger partial charge in [-0.2, -0.15) is 0 Å². The third-order valence-electron chi connectivity index (χ3n) is 3.55. The van der Waals surface area contributed by atoms with E-state index in [0.717, 1.165) is 5.69 Å². The van der Waals surface area contributed by atoms with Crippen molar-refractivity contribution in [1.82, 2.24) is 4.98 Å². The van der Waals surface area contributed by atoms with Crippen molar-refractivity contribution in [1.29, 1.82) is 0 Å². The number of aromatic nitrogens is 1. The van der Waals surface area contributed by atoms with Gasteiger partial charge in [-0.1, -0.05) is 11.6 Å². The van der Waals surface area contributed by atoms with Gasteiger partial charge in [0.15, 0.2) is 0 Å². The van der Waals surface area contributed by atoms with Crippen molar-refractivity contribution in [3.63, 3.8) is 0 Å². The van der Waals surface area contributed by atoms with E-state index in [1.165, 1.54) is 30.6 Å². The molecule has 19 heavy (non-hydrogen) atoms. The molecule has 100 valence electrons. The van der Waals surface area contributed by atoms with Crippen molar-refractivity contribution in [3.8, 4) is 0 Å². The van der Waals surface area contributed by atoms with Crippen LogP contribution in [0.2, 0.25) is 5.15 Å². The van der Waals surface area contributed by atoms with Gasteiger partial charge in [-0.3, -0.25) is 0 Å². The van der Waals surface area contributed by atoms with E-state index in [1.54, 1.807) is 16.6 Å². The number of nitrogens with one attached hydrogen (secondary N) is 1. The Kier molecular flexibility index (Phi) is 3.76. The lowest BCUT2D eigenvalue weighted by Gasteiger charge is -2.13. The van der Waals surface area contributed by atoms with Crippen LogP contribution in [0.15, 0.2) is 24.4 Å². The average molecular weight is 293 g/mol. The van der Waals surface area contributed by atoms with E-state index in [9.17, 15) is 0 Å². The van der Waals surface area contributed by atoms with Crippen molar-refractivity contribution in [2.75, 3.05) is 5.32 Å². The number of thiophene rings is 1. The molecule has 0 spiro atoms. The van der Waals surface area contributed by atoms with E-state index in [0.29, 0.717) is 11.2 Å². The first kappa shape index (κ1) is 12.9. The lowest BCUT2D eigenvalue weighted by Crippen LogP contribution is -2.04. The Labute approximate surface area is 122 Å². The minimum atomic E-state index is 0.318. The van der Waals surface area contributed by atoms with Crippen LogP contribution >= 0.6 is 22.9 Å². The molecule has 1 aliphatic carbocycles. The van der Waals surface area contributed by atoms with E-state index in [-0.39, 0.29) is 0 Å². The molecule has 0 fully saturated rings. The largest absolute Gasteiger partial charge is 0.376 e. The molecule has 0 saturated carbocycles. The molecule has 0 amide bonds. The van der Waals surface area contributed by atoms with Crippen LogP contribution in [0.1, 0.15) is 41.1 Å². The van der Waals surface area contributed by atoms with Gasteiger partial charge in [0.1, 0.15) is 5.15 Å². The van der Waals surface area contributed by atoms with Gasteiger partial charge in [-0.25, -0.2) is 4.98 Å². The zero-order valence-corrected chi connectivity index (χ0v) is 12.5. The molecule has 2 nitrogen and oxygen atoms in total. The van der Waals surface area contributed by atoms with Gasteiger partial charge in [0.05, 0.1) is 17.9 Å². The standard InChI is InChI=1S/C15H17ClN2S/c1-10(18-12-6-7-15(16)17-9-12)14-8-11-4-2-3-5-13(11)19-14/h6-10,18H,2-5H2,1H3. The molecular formula is C15H17ClN2S. The maximum atomic E-state index is 5.80. The van der Waals surface area contributed by atoms with Crippen LogP contribution in [0.3, 0.4) is 0 Å². The molecular weight excluding hydrogens is 276 g/mol. The van der Waals surface area contributed by atoms with Gasteiger partial charge < -0.3 is 5.32 Å². The molecule has 2 aromatic rings. The fourth-order valence-electron chi connectivity index (χ4n) is 2.51. The molecule has 0 bridgehead atoms. The molecule has 1 aliphatic rings. The molecule has 0 aromatic carbocycles. The lowest BCUT2D eigenvalue weighted by atomic mass is 9.99. The lowest BCUT2D eigenvalue weighted by molar-refractivity contribution is 0.696. The van der Waals surface area contributed by atoms with Crippen LogP contribution in [0, 0.1) is 0 Å². The second-order valence-corrected chi connectivity index (χ2v) is 6.60. The summed E-state index contributed by atoms with van der Waals surface area (Å²) in [7, 11) is 0. The van der Waals surface area contributed by atoms with Crippen molar-refractivity contribution < 1.29 is 0 Å². The highest BCUT2D eigenvalue weighted by Gasteiger charge is 2.16. The summed E-state index contributed by atoms with van der Waals surface area (Å²) in [5.74, 6) is 0. The minimum absolute atomic E-state index is 0.318. The van der Waals surface area contributed by atoms with Crippen LogP contribution in [-0.2, 0) is 12.8 Å². The van der Waals surface area contributed by atoms with Gasteiger partial charge in [0, 0.05) is 9.75 Å². The zero-order valence-electron chi connectivity index (χ0n) is 10.9. The Morgan fingerprint density at radius 3 is 2.89 bits per heavy atom. The predicted octanol–water partition coefficient (Wildman–Crippen LogP) is 4.85. The van der Waals surface area contributed by atoms with Crippen molar-refractivity contribution in [2.24, 2.45) is 0 Å². The fraction of sp³-hybridized carbons (Fsp3) is 0.400. The molecule has 1 N–H and O–H groups in total. The van der Waals surface area contributed by atoms with Crippen LogP contribution < -0.4 is 5.32 Å². The fourth-order valence-corrected chi connectivity index (χ4v) is 3.88. The highest BCUT2D eigenvalue weighted by molar-refractivity contribution is 7.12. The van der Waals surface area contributed by atoms with E-state index < -0.39 is 0 Å². The normalized spacial score (nSPS) is 15.9. The van der Waals surface area contributed by atoms with Crippen molar-refractivity contribution in [3.05, 3.63) is 44.9 Å². The Morgan fingerprint density at radius 2 is 2.16 bits per heavy atom. The molecule has 0 aliphatic heterocycles. The highest BCUT2D eigenvalue weighted by Crippen LogP contribution is 2.33. The number of hydrogen-bond acceptors (Lipinski definition) is 3. The van der Waals surface area contributed by atoms with Crippen LogP contribution in [0.5, 0.6) is 0 Å². The molecule has 2 heterocycles. The Bertz CT molecular complexity index is 539. The van der Waals surface area contributed by atoms with Gasteiger partial charge in [0.25, 0.3) is 0 Å². The van der Waals surface area contributed by atoms with E-state index in [2.05, 4.69) is 23.3 Å². The van der Waals surface area contributed by atoms with Gasteiger partial charge in [0.2, 0.25) is 0 Å². The maximum Gasteiger partial charge on any atom is 0.129 e. The topological polar surface area (TPSA) is 24.9 Å². The molecule has 1 unspecified atom stereocenters. The molecule has 1 atom stereocenters. The second kappa shape index (κ2) is 5.51. The number of hydrogen-bond donors (Lipinski definition) is 1. The van der Waals surface area contributed by atoms with E-state index in [1.807, 2.05) is 23.5 Å². The predicted molar refractivity (Wildman–Crippen MR) is 82.2 cm³/mol. The molecule has 4 heteroatoms. The highest BCUT2D eigenvalue weighted by atomic mass is 35.5. The van der Waals surface area contributed by atoms with E-state index in [4.69, 9.17) is 11.6 Å².